The van der Waals surface area contributed by atoms with Crippen molar-refractivity contribution in [2.24, 2.45) is 0 Å². The first-order chi connectivity index (χ1) is 7.30. The highest BCUT2D eigenvalue weighted by atomic mass is 19.4. The summed E-state index contributed by atoms with van der Waals surface area (Å²) in [5, 5.41) is 8.36. The fraction of sp³-hybridized carbons (Fsp3) is 0.300. The smallest absolute Gasteiger partial charge is 0.416 e. The summed E-state index contributed by atoms with van der Waals surface area (Å²) in [4.78, 5) is 10.2. The van der Waals surface area contributed by atoms with Gasteiger partial charge in [-0.3, -0.25) is 4.79 Å². The minimum absolute atomic E-state index is 0.338. The van der Waals surface area contributed by atoms with Gasteiger partial charge in [-0.15, -0.1) is 0 Å². The van der Waals surface area contributed by atoms with Gasteiger partial charge in [-0.25, -0.2) is 4.39 Å². The molecule has 16 heavy (non-hydrogen) atoms. The number of halogens is 4. The number of rotatable bonds is 3. The Hall–Kier alpha value is -1.59. The highest BCUT2D eigenvalue weighted by Gasteiger charge is 2.33. The lowest BCUT2D eigenvalue weighted by Crippen LogP contribution is -2.10. The topological polar surface area (TPSA) is 37.3 Å². The quantitative estimate of drug-likeness (QED) is 0.819. The zero-order chi connectivity index (χ0) is 12.3. The van der Waals surface area contributed by atoms with Crippen molar-refractivity contribution in [1.29, 1.82) is 0 Å². The van der Waals surface area contributed by atoms with E-state index in [0.717, 1.165) is 0 Å². The van der Waals surface area contributed by atoms with Crippen LogP contribution in [0.2, 0.25) is 0 Å². The third-order valence-corrected chi connectivity index (χ3v) is 1.98. The van der Waals surface area contributed by atoms with Crippen LogP contribution in [0.15, 0.2) is 18.2 Å². The molecule has 1 aromatic carbocycles. The summed E-state index contributed by atoms with van der Waals surface area (Å²) in [6, 6.07) is 2.03. The van der Waals surface area contributed by atoms with Crippen molar-refractivity contribution in [3.63, 3.8) is 0 Å². The standard InChI is InChI=1S/C10H8F4O2/c11-7-2-3-8(10(12,13)14)6(5-7)1-4-9(15)16/h2-3,5H,1,4H2,(H,15,16). The summed E-state index contributed by atoms with van der Waals surface area (Å²) in [6.07, 6.45) is -5.41. The molecule has 1 rings (SSSR count). The Kier molecular flexibility index (Phi) is 3.51. The number of carbonyl (C=O) groups is 1. The summed E-state index contributed by atoms with van der Waals surface area (Å²) in [5.74, 6) is -2.04. The molecule has 0 fully saturated rings. The molecule has 0 unspecified atom stereocenters. The minimum atomic E-state index is -4.60. The van der Waals surface area contributed by atoms with Gasteiger partial charge in [0.1, 0.15) is 5.82 Å². The van der Waals surface area contributed by atoms with Crippen LogP contribution < -0.4 is 0 Å². The molecule has 0 aliphatic rings. The summed E-state index contributed by atoms with van der Waals surface area (Å²) < 4.78 is 50.0. The van der Waals surface area contributed by atoms with E-state index in [0.29, 0.717) is 18.2 Å². The van der Waals surface area contributed by atoms with Crippen molar-refractivity contribution in [3.8, 4) is 0 Å². The van der Waals surface area contributed by atoms with E-state index in [1.54, 1.807) is 0 Å². The first-order valence-corrected chi connectivity index (χ1v) is 4.38. The van der Waals surface area contributed by atoms with Gasteiger partial charge in [0.05, 0.1) is 5.56 Å². The second kappa shape index (κ2) is 4.51. The number of carboxylic acid groups (broad SMARTS) is 1. The number of aliphatic carboxylic acids is 1. The molecule has 0 saturated carbocycles. The first kappa shape index (κ1) is 12.5. The maximum absolute atomic E-state index is 12.7. The maximum atomic E-state index is 12.7. The Morgan fingerprint density at radius 3 is 2.44 bits per heavy atom. The van der Waals surface area contributed by atoms with Crippen LogP contribution in [0.1, 0.15) is 17.5 Å². The molecule has 0 radical (unpaired) electrons. The Labute approximate surface area is 88.5 Å². The number of alkyl halides is 3. The van der Waals surface area contributed by atoms with E-state index in [9.17, 15) is 22.4 Å². The lowest BCUT2D eigenvalue weighted by atomic mass is 10.0. The molecule has 6 heteroatoms. The maximum Gasteiger partial charge on any atom is 0.416 e. The minimum Gasteiger partial charge on any atom is -0.481 e. The van der Waals surface area contributed by atoms with Crippen LogP contribution in [0.4, 0.5) is 17.6 Å². The molecule has 0 aromatic heterocycles. The van der Waals surface area contributed by atoms with E-state index in [2.05, 4.69) is 0 Å². The van der Waals surface area contributed by atoms with Gasteiger partial charge in [0.25, 0.3) is 0 Å². The van der Waals surface area contributed by atoms with Crippen molar-refractivity contribution in [3.05, 3.63) is 35.1 Å². The van der Waals surface area contributed by atoms with Crippen LogP contribution in [0, 0.1) is 5.82 Å². The Morgan fingerprint density at radius 2 is 1.94 bits per heavy atom. The lowest BCUT2D eigenvalue weighted by Gasteiger charge is -2.11. The monoisotopic (exact) mass is 236 g/mol. The average molecular weight is 236 g/mol. The highest BCUT2D eigenvalue weighted by molar-refractivity contribution is 5.67. The fourth-order valence-corrected chi connectivity index (χ4v) is 1.29. The summed E-state index contributed by atoms with van der Waals surface area (Å²) in [6.45, 7) is 0. The van der Waals surface area contributed by atoms with E-state index in [1.807, 2.05) is 0 Å². The Balaban J connectivity index is 3.04. The van der Waals surface area contributed by atoms with Gasteiger partial charge in [0.2, 0.25) is 0 Å². The van der Waals surface area contributed by atoms with Gasteiger partial charge in [0, 0.05) is 6.42 Å². The number of hydrogen-bond donors (Lipinski definition) is 1. The number of aryl methyl sites for hydroxylation is 1. The lowest BCUT2D eigenvalue weighted by molar-refractivity contribution is -0.140. The molecule has 88 valence electrons. The van der Waals surface area contributed by atoms with Crippen molar-refractivity contribution in [1.82, 2.24) is 0 Å². The molecule has 0 heterocycles. The number of carboxylic acids is 1. The zero-order valence-corrected chi connectivity index (χ0v) is 8.01. The summed E-state index contributed by atoms with van der Waals surface area (Å²) in [5.41, 5.74) is -1.33. The number of hydrogen-bond acceptors (Lipinski definition) is 1. The molecular formula is C10H8F4O2. The molecule has 0 aliphatic carbocycles. The van der Waals surface area contributed by atoms with Gasteiger partial charge in [-0.05, 0) is 30.2 Å². The molecule has 1 aromatic rings. The van der Waals surface area contributed by atoms with Gasteiger partial charge in [-0.1, -0.05) is 0 Å². The van der Waals surface area contributed by atoms with Gasteiger partial charge >= 0.3 is 12.1 Å². The van der Waals surface area contributed by atoms with Crippen LogP contribution in [0.3, 0.4) is 0 Å². The summed E-state index contributed by atoms with van der Waals surface area (Å²) in [7, 11) is 0. The van der Waals surface area contributed by atoms with Crippen LogP contribution >= 0.6 is 0 Å². The first-order valence-electron chi connectivity index (χ1n) is 4.38. The molecule has 0 bridgehead atoms. The second-order valence-corrected chi connectivity index (χ2v) is 3.19. The Bertz CT molecular complexity index is 398. The van der Waals surface area contributed by atoms with Crippen LogP contribution in [-0.2, 0) is 17.4 Å². The van der Waals surface area contributed by atoms with Gasteiger partial charge in [-0.2, -0.15) is 13.2 Å². The normalized spacial score (nSPS) is 11.5. The van der Waals surface area contributed by atoms with E-state index < -0.39 is 29.9 Å². The largest absolute Gasteiger partial charge is 0.481 e. The SMILES string of the molecule is O=C(O)CCc1cc(F)ccc1C(F)(F)F. The van der Waals surface area contributed by atoms with Crippen LogP contribution in [0.25, 0.3) is 0 Å². The average Bonchev–Trinajstić information content (AvgIpc) is 2.12. The molecular weight excluding hydrogens is 228 g/mol. The summed E-state index contributed by atoms with van der Waals surface area (Å²) >= 11 is 0. The molecule has 0 spiro atoms. The zero-order valence-electron chi connectivity index (χ0n) is 8.01. The van der Waals surface area contributed by atoms with Gasteiger partial charge in [0.15, 0.2) is 0 Å². The third-order valence-electron chi connectivity index (χ3n) is 1.98. The van der Waals surface area contributed by atoms with E-state index in [-0.39, 0.29) is 12.0 Å². The molecule has 0 aliphatic heterocycles. The molecule has 0 saturated heterocycles. The van der Waals surface area contributed by atoms with Gasteiger partial charge < -0.3 is 5.11 Å². The van der Waals surface area contributed by atoms with Crippen LogP contribution in [-0.4, -0.2) is 11.1 Å². The molecule has 0 atom stereocenters. The van der Waals surface area contributed by atoms with E-state index >= 15 is 0 Å². The van der Waals surface area contributed by atoms with Crippen molar-refractivity contribution in [2.75, 3.05) is 0 Å². The highest BCUT2D eigenvalue weighted by Crippen LogP contribution is 2.32. The predicted octanol–water partition coefficient (Wildman–Crippen LogP) is 2.86. The van der Waals surface area contributed by atoms with Crippen molar-refractivity contribution in [2.45, 2.75) is 19.0 Å². The molecule has 1 N–H and O–H groups in total. The van der Waals surface area contributed by atoms with Crippen molar-refractivity contribution < 1.29 is 27.5 Å². The predicted molar refractivity (Wildman–Crippen MR) is 47.4 cm³/mol. The Morgan fingerprint density at radius 1 is 1.31 bits per heavy atom. The van der Waals surface area contributed by atoms with E-state index in [4.69, 9.17) is 5.11 Å². The molecule has 2 nitrogen and oxygen atoms in total. The second-order valence-electron chi connectivity index (χ2n) is 3.19. The fourth-order valence-electron chi connectivity index (χ4n) is 1.29. The third kappa shape index (κ3) is 3.22. The van der Waals surface area contributed by atoms with Crippen molar-refractivity contribution >= 4 is 5.97 Å². The number of benzene rings is 1. The van der Waals surface area contributed by atoms with E-state index in [1.165, 1.54) is 0 Å². The van der Waals surface area contributed by atoms with Crippen LogP contribution in [0.5, 0.6) is 0 Å². The molecule has 0 amide bonds.